The van der Waals surface area contributed by atoms with Crippen LogP contribution < -0.4 is 10.6 Å². The zero-order valence-electron chi connectivity index (χ0n) is 12.1. The van der Waals surface area contributed by atoms with Gasteiger partial charge in [-0.1, -0.05) is 15.9 Å². The molecule has 0 unspecified atom stereocenters. The lowest BCUT2D eigenvalue weighted by Crippen LogP contribution is -2.13. The second-order valence-electron chi connectivity index (χ2n) is 5.40. The van der Waals surface area contributed by atoms with Gasteiger partial charge in [0.05, 0.1) is 22.9 Å². The molecule has 1 amide bonds. The third-order valence-electron chi connectivity index (χ3n) is 2.89. The predicted molar refractivity (Wildman–Crippen MR) is 85.6 cm³/mol. The lowest BCUT2D eigenvalue weighted by Gasteiger charge is -2.16. The van der Waals surface area contributed by atoms with Gasteiger partial charge in [0.2, 0.25) is 5.91 Å². The lowest BCUT2D eigenvalue weighted by atomic mass is 9.90. The SMILES string of the molecule is CC(=O)Nc1ccc(Br)cc1NCCCC(C)(C)C#N. The van der Waals surface area contributed by atoms with Gasteiger partial charge >= 0.3 is 0 Å². The second kappa shape index (κ2) is 7.30. The number of anilines is 2. The summed E-state index contributed by atoms with van der Waals surface area (Å²) < 4.78 is 0.950. The summed E-state index contributed by atoms with van der Waals surface area (Å²) in [4.78, 5) is 11.2. The Labute approximate surface area is 128 Å². The smallest absolute Gasteiger partial charge is 0.221 e. The number of carbonyl (C=O) groups is 1. The van der Waals surface area contributed by atoms with Crippen molar-refractivity contribution in [3.05, 3.63) is 22.7 Å². The zero-order valence-corrected chi connectivity index (χ0v) is 13.7. The van der Waals surface area contributed by atoms with E-state index in [1.165, 1.54) is 6.92 Å². The molecule has 0 aliphatic carbocycles. The van der Waals surface area contributed by atoms with E-state index in [1.54, 1.807) is 0 Å². The van der Waals surface area contributed by atoms with Crippen molar-refractivity contribution in [1.82, 2.24) is 0 Å². The van der Waals surface area contributed by atoms with Gasteiger partial charge in [-0.15, -0.1) is 0 Å². The summed E-state index contributed by atoms with van der Waals surface area (Å²) in [6.45, 7) is 6.12. The molecule has 2 N–H and O–H groups in total. The monoisotopic (exact) mass is 337 g/mol. The van der Waals surface area contributed by atoms with Gasteiger partial charge in [-0.3, -0.25) is 4.79 Å². The molecule has 0 radical (unpaired) electrons. The summed E-state index contributed by atoms with van der Waals surface area (Å²) in [5.41, 5.74) is 1.35. The van der Waals surface area contributed by atoms with Gasteiger partial charge < -0.3 is 10.6 Å². The summed E-state index contributed by atoms with van der Waals surface area (Å²) in [6.07, 6.45) is 1.73. The number of halogens is 1. The van der Waals surface area contributed by atoms with E-state index in [0.717, 1.165) is 35.2 Å². The molecule has 5 heteroatoms. The third-order valence-corrected chi connectivity index (χ3v) is 3.38. The number of nitrogens with zero attached hydrogens (tertiary/aromatic N) is 1. The van der Waals surface area contributed by atoms with Crippen molar-refractivity contribution < 1.29 is 4.79 Å². The summed E-state index contributed by atoms with van der Waals surface area (Å²) in [7, 11) is 0. The van der Waals surface area contributed by atoms with E-state index in [4.69, 9.17) is 5.26 Å². The molecule has 0 aromatic heterocycles. The van der Waals surface area contributed by atoms with Crippen LogP contribution in [0.25, 0.3) is 0 Å². The Bertz CT molecular complexity index is 520. The Hall–Kier alpha value is -1.54. The maximum Gasteiger partial charge on any atom is 0.221 e. The molecule has 1 aromatic rings. The molecular formula is C15H20BrN3O. The highest BCUT2D eigenvalue weighted by atomic mass is 79.9. The molecule has 1 aromatic carbocycles. The van der Waals surface area contributed by atoms with Crippen molar-refractivity contribution in [3.8, 4) is 6.07 Å². The fourth-order valence-electron chi connectivity index (χ4n) is 1.77. The fraction of sp³-hybridized carbons (Fsp3) is 0.467. The molecule has 0 saturated heterocycles. The Kier molecular flexibility index (Phi) is 6.03. The Morgan fingerprint density at radius 2 is 2.10 bits per heavy atom. The standard InChI is InChI=1S/C15H20BrN3O/c1-11(20)19-13-6-5-12(16)9-14(13)18-8-4-7-15(2,3)10-17/h5-6,9,18H,4,7-8H2,1-3H3,(H,19,20). The molecule has 108 valence electrons. The molecule has 1 rings (SSSR count). The van der Waals surface area contributed by atoms with Crippen molar-refractivity contribution in [2.45, 2.75) is 33.6 Å². The molecule has 0 aliphatic rings. The van der Waals surface area contributed by atoms with E-state index >= 15 is 0 Å². The first kappa shape index (κ1) is 16.5. The quantitative estimate of drug-likeness (QED) is 0.766. The van der Waals surface area contributed by atoms with Crippen LogP contribution in [-0.2, 0) is 4.79 Å². The van der Waals surface area contributed by atoms with Gasteiger partial charge in [0.25, 0.3) is 0 Å². The number of nitriles is 1. The third kappa shape index (κ3) is 5.62. The van der Waals surface area contributed by atoms with Crippen molar-refractivity contribution in [1.29, 1.82) is 5.26 Å². The first-order valence-electron chi connectivity index (χ1n) is 6.56. The van der Waals surface area contributed by atoms with E-state index in [0.29, 0.717) is 0 Å². The highest BCUT2D eigenvalue weighted by Gasteiger charge is 2.15. The van der Waals surface area contributed by atoms with Crippen molar-refractivity contribution in [2.24, 2.45) is 5.41 Å². The number of nitrogens with one attached hydrogen (secondary N) is 2. The van der Waals surface area contributed by atoms with E-state index in [-0.39, 0.29) is 11.3 Å². The summed E-state index contributed by atoms with van der Waals surface area (Å²) in [5.74, 6) is -0.0963. The first-order chi connectivity index (χ1) is 9.34. The largest absolute Gasteiger partial charge is 0.383 e. The van der Waals surface area contributed by atoms with Gasteiger partial charge in [0, 0.05) is 17.9 Å². The molecule has 0 bridgehead atoms. The van der Waals surface area contributed by atoms with E-state index in [9.17, 15) is 4.79 Å². The molecule has 0 atom stereocenters. The Balaban J connectivity index is 2.61. The zero-order chi connectivity index (χ0) is 15.2. The van der Waals surface area contributed by atoms with Gasteiger partial charge in [-0.25, -0.2) is 0 Å². The minimum Gasteiger partial charge on any atom is -0.383 e. The minimum atomic E-state index is -0.292. The van der Waals surface area contributed by atoms with Crippen LogP contribution in [0, 0.1) is 16.7 Å². The maximum absolute atomic E-state index is 11.2. The van der Waals surface area contributed by atoms with Crippen molar-refractivity contribution >= 4 is 33.2 Å². The van der Waals surface area contributed by atoms with Crippen LogP contribution in [0.5, 0.6) is 0 Å². The summed E-state index contributed by atoms with van der Waals surface area (Å²) >= 11 is 3.42. The average Bonchev–Trinajstić information content (AvgIpc) is 2.37. The van der Waals surface area contributed by atoms with Gasteiger partial charge in [-0.05, 0) is 44.9 Å². The number of hydrogen-bond acceptors (Lipinski definition) is 3. The number of amides is 1. The van der Waals surface area contributed by atoms with Crippen LogP contribution in [0.2, 0.25) is 0 Å². The Morgan fingerprint density at radius 1 is 1.40 bits per heavy atom. The molecule has 0 fully saturated rings. The number of rotatable bonds is 6. The second-order valence-corrected chi connectivity index (χ2v) is 6.31. The van der Waals surface area contributed by atoms with Crippen LogP contribution in [0.4, 0.5) is 11.4 Å². The van der Waals surface area contributed by atoms with Crippen LogP contribution in [0.3, 0.4) is 0 Å². The van der Waals surface area contributed by atoms with Gasteiger partial charge in [0.15, 0.2) is 0 Å². The highest BCUT2D eigenvalue weighted by molar-refractivity contribution is 9.10. The van der Waals surface area contributed by atoms with E-state index in [2.05, 4.69) is 32.6 Å². The Morgan fingerprint density at radius 3 is 2.70 bits per heavy atom. The lowest BCUT2D eigenvalue weighted by molar-refractivity contribution is -0.114. The molecule has 0 saturated carbocycles. The average molecular weight is 338 g/mol. The van der Waals surface area contributed by atoms with Gasteiger partial charge in [0.1, 0.15) is 0 Å². The highest BCUT2D eigenvalue weighted by Crippen LogP contribution is 2.27. The van der Waals surface area contributed by atoms with Crippen LogP contribution in [0.1, 0.15) is 33.6 Å². The summed E-state index contributed by atoms with van der Waals surface area (Å²) in [5, 5.41) is 15.1. The topological polar surface area (TPSA) is 64.9 Å². The first-order valence-corrected chi connectivity index (χ1v) is 7.35. The van der Waals surface area contributed by atoms with E-state index < -0.39 is 0 Å². The van der Waals surface area contributed by atoms with Crippen LogP contribution >= 0.6 is 15.9 Å². The van der Waals surface area contributed by atoms with Crippen LogP contribution in [0.15, 0.2) is 22.7 Å². The molecular weight excluding hydrogens is 318 g/mol. The number of carbonyl (C=O) groups excluding carboxylic acids is 1. The predicted octanol–water partition coefficient (Wildman–Crippen LogP) is 4.15. The molecule has 20 heavy (non-hydrogen) atoms. The van der Waals surface area contributed by atoms with E-state index in [1.807, 2.05) is 32.0 Å². The summed E-state index contributed by atoms with van der Waals surface area (Å²) in [6, 6.07) is 7.96. The van der Waals surface area contributed by atoms with Crippen molar-refractivity contribution in [2.75, 3.05) is 17.2 Å². The maximum atomic E-state index is 11.2. The normalized spacial score (nSPS) is 10.8. The van der Waals surface area contributed by atoms with Gasteiger partial charge in [-0.2, -0.15) is 5.26 Å². The van der Waals surface area contributed by atoms with Crippen LogP contribution in [-0.4, -0.2) is 12.5 Å². The molecule has 4 nitrogen and oxygen atoms in total. The minimum absolute atomic E-state index is 0.0963. The fourth-order valence-corrected chi connectivity index (χ4v) is 2.13. The molecule has 0 heterocycles. The number of hydrogen-bond donors (Lipinski definition) is 2. The van der Waals surface area contributed by atoms with Crippen molar-refractivity contribution in [3.63, 3.8) is 0 Å². The molecule has 0 aliphatic heterocycles. The molecule has 0 spiro atoms. The number of benzene rings is 1.